The van der Waals surface area contributed by atoms with Crippen LogP contribution in [0.15, 0.2) is 0 Å². The first-order chi connectivity index (χ1) is 10.0. The van der Waals surface area contributed by atoms with Crippen molar-refractivity contribution in [3.8, 4) is 0 Å². The monoisotopic (exact) mass is 292 g/mol. The van der Waals surface area contributed by atoms with E-state index in [-0.39, 0.29) is 0 Å². The van der Waals surface area contributed by atoms with Gasteiger partial charge in [-0.3, -0.25) is 9.69 Å². The van der Waals surface area contributed by atoms with Crippen LogP contribution in [0.1, 0.15) is 58.8 Å². The van der Waals surface area contributed by atoms with Gasteiger partial charge in [0.15, 0.2) is 0 Å². The highest BCUT2D eigenvalue weighted by molar-refractivity contribution is 5.82. The minimum atomic E-state index is 0.298. The molecule has 2 saturated carbocycles. The summed E-state index contributed by atoms with van der Waals surface area (Å²) in [5, 5.41) is 0. The van der Waals surface area contributed by atoms with Gasteiger partial charge in [0.05, 0.1) is 0 Å². The van der Waals surface area contributed by atoms with Gasteiger partial charge in [0.25, 0.3) is 0 Å². The van der Waals surface area contributed by atoms with E-state index in [0.717, 1.165) is 31.8 Å². The summed E-state index contributed by atoms with van der Waals surface area (Å²) >= 11 is 0. The highest BCUT2D eigenvalue weighted by atomic mass is 16.1. The Bertz CT molecular complexity index is 365. The second kappa shape index (κ2) is 6.37. The molecular weight excluding hydrogens is 260 g/mol. The first-order valence-corrected chi connectivity index (χ1v) is 9.03. The van der Waals surface area contributed by atoms with Crippen molar-refractivity contribution in [2.75, 3.05) is 32.7 Å². The third kappa shape index (κ3) is 3.87. The molecule has 0 aromatic rings. The van der Waals surface area contributed by atoms with Crippen LogP contribution < -0.4 is 0 Å². The fourth-order valence-corrected chi connectivity index (χ4v) is 4.61. The lowest BCUT2D eigenvalue weighted by atomic mass is 9.71. The topological polar surface area (TPSA) is 23.6 Å². The third-order valence-corrected chi connectivity index (χ3v) is 6.03. The van der Waals surface area contributed by atoms with E-state index in [1.54, 1.807) is 0 Å². The summed E-state index contributed by atoms with van der Waals surface area (Å²) < 4.78 is 0. The van der Waals surface area contributed by atoms with Gasteiger partial charge in [-0.2, -0.15) is 0 Å². The average molecular weight is 292 g/mol. The molecule has 2 aliphatic carbocycles. The Morgan fingerprint density at radius 1 is 1.10 bits per heavy atom. The molecule has 1 heterocycles. The van der Waals surface area contributed by atoms with E-state index in [9.17, 15) is 4.79 Å². The van der Waals surface area contributed by atoms with Gasteiger partial charge in [-0.1, -0.05) is 26.7 Å². The Morgan fingerprint density at radius 3 is 2.43 bits per heavy atom. The number of rotatable bonds is 3. The van der Waals surface area contributed by atoms with Gasteiger partial charge < -0.3 is 4.90 Å². The first kappa shape index (κ1) is 15.5. The lowest BCUT2D eigenvalue weighted by molar-refractivity contribution is -0.128. The minimum Gasteiger partial charge on any atom is -0.300 e. The Morgan fingerprint density at radius 2 is 1.76 bits per heavy atom. The van der Waals surface area contributed by atoms with Crippen LogP contribution in [0, 0.1) is 11.3 Å². The van der Waals surface area contributed by atoms with Crippen molar-refractivity contribution in [1.29, 1.82) is 0 Å². The summed E-state index contributed by atoms with van der Waals surface area (Å²) in [6.07, 6.45) is 8.66. The largest absolute Gasteiger partial charge is 0.300 e. The fraction of sp³-hybridized carbons (Fsp3) is 0.944. The van der Waals surface area contributed by atoms with Crippen LogP contribution in [0.2, 0.25) is 0 Å². The van der Waals surface area contributed by atoms with Crippen molar-refractivity contribution in [1.82, 2.24) is 9.80 Å². The van der Waals surface area contributed by atoms with Crippen LogP contribution in [0.3, 0.4) is 0 Å². The summed E-state index contributed by atoms with van der Waals surface area (Å²) in [7, 11) is 0. The maximum atomic E-state index is 12.2. The van der Waals surface area contributed by atoms with Crippen LogP contribution in [0.25, 0.3) is 0 Å². The molecule has 0 N–H and O–H groups in total. The molecule has 3 rings (SSSR count). The SMILES string of the molecule is CC1(C)CCC(=O)C(CN2CCN(C3CCCC3)CC2)C1. The molecule has 3 fully saturated rings. The summed E-state index contributed by atoms with van der Waals surface area (Å²) in [6, 6.07) is 0.863. The predicted molar refractivity (Wildman–Crippen MR) is 86.4 cm³/mol. The lowest BCUT2D eigenvalue weighted by Crippen LogP contribution is -2.51. The third-order valence-electron chi connectivity index (χ3n) is 6.03. The van der Waals surface area contributed by atoms with Crippen molar-refractivity contribution >= 4 is 5.78 Å². The van der Waals surface area contributed by atoms with E-state index >= 15 is 0 Å². The first-order valence-electron chi connectivity index (χ1n) is 9.03. The van der Waals surface area contributed by atoms with E-state index < -0.39 is 0 Å². The highest BCUT2D eigenvalue weighted by Gasteiger charge is 2.35. The van der Waals surface area contributed by atoms with Gasteiger partial charge >= 0.3 is 0 Å². The van der Waals surface area contributed by atoms with Crippen LogP contribution in [-0.4, -0.2) is 54.3 Å². The molecule has 0 spiro atoms. The molecular formula is C18H32N2O. The summed E-state index contributed by atoms with van der Waals surface area (Å²) in [5.41, 5.74) is 0.365. The zero-order valence-corrected chi connectivity index (χ0v) is 13.9. The van der Waals surface area contributed by atoms with E-state index in [1.165, 1.54) is 51.9 Å². The molecule has 3 heteroatoms. The van der Waals surface area contributed by atoms with Gasteiger partial charge in [0, 0.05) is 51.1 Å². The summed E-state index contributed by atoms with van der Waals surface area (Å²) in [5.74, 6) is 0.819. The zero-order valence-electron chi connectivity index (χ0n) is 13.9. The number of nitrogens with zero attached hydrogens (tertiary/aromatic N) is 2. The number of piperazine rings is 1. The van der Waals surface area contributed by atoms with E-state index in [4.69, 9.17) is 0 Å². The van der Waals surface area contributed by atoms with Crippen LogP contribution >= 0.6 is 0 Å². The predicted octanol–water partition coefficient (Wildman–Crippen LogP) is 2.94. The maximum Gasteiger partial charge on any atom is 0.137 e. The Balaban J connectivity index is 1.47. The molecule has 21 heavy (non-hydrogen) atoms. The van der Waals surface area contributed by atoms with Crippen molar-refractivity contribution in [3.05, 3.63) is 0 Å². The molecule has 0 aromatic heterocycles. The number of ketones is 1. The summed E-state index contributed by atoms with van der Waals surface area (Å²) in [6.45, 7) is 10.4. The minimum absolute atomic E-state index is 0.298. The molecule has 120 valence electrons. The quantitative estimate of drug-likeness (QED) is 0.799. The molecule has 3 nitrogen and oxygen atoms in total. The fourth-order valence-electron chi connectivity index (χ4n) is 4.61. The Hall–Kier alpha value is -0.410. The van der Waals surface area contributed by atoms with Gasteiger partial charge in [-0.25, -0.2) is 0 Å². The van der Waals surface area contributed by atoms with Gasteiger partial charge in [-0.05, 0) is 31.1 Å². The highest BCUT2D eigenvalue weighted by Crippen LogP contribution is 2.37. The van der Waals surface area contributed by atoms with Crippen LogP contribution in [0.5, 0.6) is 0 Å². The molecule has 1 atom stereocenters. The standard InChI is InChI=1S/C18H32N2O/c1-18(2)8-7-17(21)15(13-18)14-19-9-11-20(12-10-19)16-5-3-4-6-16/h15-16H,3-14H2,1-2H3. The van der Waals surface area contributed by atoms with Crippen molar-refractivity contribution < 1.29 is 4.79 Å². The number of carbonyl (C=O) groups is 1. The second-order valence-corrected chi connectivity index (χ2v) is 8.31. The second-order valence-electron chi connectivity index (χ2n) is 8.31. The number of hydrogen-bond donors (Lipinski definition) is 0. The van der Waals surface area contributed by atoms with E-state index in [2.05, 4.69) is 23.6 Å². The van der Waals surface area contributed by atoms with Crippen molar-refractivity contribution in [2.24, 2.45) is 11.3 Å². The maximum absolute atomic E-state index is 12.2. The molecule has 0 amide bonds. The van der Waals surface area contributed by atoms with Crippen molar-refractivity contribution in [2.45, 2.75) is 64.8 Å². The molecule has 1 unspecified atom stereocenters. The lowest BCUT2D eigenvalue weighted by Gasteiger charge is -2.41. The van der Waals surface area contributed by atoms with E-state index in [1.807, 2.05) is 0 Å². The van der Waals surface area contributed by atoms with Crippen LogP contribution in [0.4, 0.5) is 0 Å². The molecule has 0 radical (unpaired) electrons. The molecule has 3 aliphatic rings. The molecule has 1 aliphatic heterocycles. The van der Waals surface area contributed by atoms with Gasteiger partial charge in [0.2, 0.25) is 0 Å². The molecule has 0 bridgehead atoms. The van der Waals surface area contributed by atoms with Crippen molar-refractivity contribution in [3.63, 3.8) is 0 Å². The number of Topliss-reactive ketones (excluding diaryl/α,β-unsaturated/α-hetero) is 1. The normalized spacial score (nSPS) is 32.7. The number of carbonyl (C=O) groups excluding carboxylic acids is 1. The number of hydrogen-bond acceptors (Lipinski definition) is 3. The van der Waals surface area contributed by atoms with Gasteiger partial charge in [0.1, 0.15) is 5.78 Å². The van der Waals surface area contributed by atoms with E-state index in [0.29, 0.717) is 17.1 Å². The Labute approximate surface area is 130 Å². The summed E-state index contributed by atoms with van der Waals surface area (Å²) in [4.78, 5) is 17.4. The van der Waals surface area contributed by atoms with Gasteiger partial charge in [-0.15, -0.1) is 0 Å². The zero-order chi connectivity index (χ0) is 14.9. The molecule has 0 aromatic carbocycles. The van der Waals surface area contributed by atoms with Crippen LogP contribution in [-0.2, 0) is 4.79 Å². The average Bonchev–Trinajstić information content (AvgIpc) is 2.98. The Kier molecular flexibility index (Phi) is 4.70. The smallest absolute Gasteiger partial charge is 0.137 e. The molecule has 1 saturated heterocycles.